The molecule has 30 heavy (non-hydrogen) atoms. The van der Waals surface area contributed by atoms with E-state index in [4.69, 9.17) is 4.74 Å². The molecule has 0 bridgehead atoms. The van der Waals surface area contributed by atoms with Crippen molar-refractivity contribution in [2.45, 2.75) is 27.3 Å². The van der Waals surface area contributed by atoms with Crippen molar-refractivity contribution in [3.05, 3.63) is 76.2 Å². The molecule has 2 heterocycles. The summed E-state index contributed by atoms with van der Waals surface area (Å²) in [5, 5.41) is 2.91. The van der Waals surface area contributed by atoms with E-state index in [0.29, 0.717) is 6.54 Å². The third-order valence-corrected chi connectivity index (χ3v) is 6.10. The highest BCUT2D eigenvalue weighted by molar-refractivity contribution is 7.17. The van der Waals surface area contributed by atoms with Gasteiger partial charge in [0.1, 0.15) is 11.6 Å². The minimum atomic E-state index is -0.268. The fourth-order valence-electron chi connectivity index (χ4n) is 3.15. The number of carbonyl (C=O) groups is 1. The van der Waals surface area contributed by atoms with Gasteiger partial charge in [-0.3, -0.25) is 9.20 Å². The molecule has 0 aliphatic heterocycles. The molecule has 0 saturated heterocycles. The zero-order valence-corrected chi connectivity index (χ0v) is 17.8. The summed E-state index contributed by atoms with van der Waals surface area (Å²) in [4.78, 5) is 18.7. The molecule has 5 nitrogen and oxygen atoms in total. The number of carbonyl (C=O) groups excluding carboxylic acids is 1. The van der Waals surface area contributed by atoms with Crippen molar-refractivity contribution in [3.8, 4) is 17.0 Å². The van der Waals surface area contributed by atoms with Gasteiger partial charge in [0.25, 0.3) is 5.91 Å². The van der Waals surface area contributed by atoms with Gasteiger partial charge in [-0.25, -0.2) is 9.37 Å². The van der Waals surface area contributed by atoms with Crippen LogP contribution in [-0.2, 0) is 11.3 Å². The summed E-state index contributed by atoms with van der Waals surface area (Å²) in [6.45, 7) is 6.33. The lowest BCUT2D eigenvalue weighted by molar-refractivity contribution is -0.123. The lowest BCUT2D eigenvalue weighted by Gasteiger charge is -2.10. The lowest BCUT2D eigenvalue weighted by atomic mass is 10.1. The Hall–Kier alpha value is -3.19. The molecular weight excluding hydrogens is 401 g/mol. The van der Waals surface area contributed by atoms with Crippen LogP contribution < -0.4 is 10.1 Å². The van der Waals surface area contributed by atoms with Crippen molar-refractivity contribution in [2.24, 2.45) is 0 Å². The van der Waals surface area contributed by atoms with Gasteiger partial charge in [-0.15, -0.1) is 0 Å². The monoisotopic (exact) mass is 423 g/mol. The summed E-state index contributed by atoms with van der Waals surface area (Å²) in [7, 11) is 0. The second kappa shape index (κ2) is 8.28. The molecule has 2 aromatic heterocycles. The average molecular weight is 424 g/mol. The summed E-state index contributed by atoms with van der Waals surface area (Å²) in [6.07, 6.45) is 1.93. The molecule has 1 N–H and O–H groups in total. The third-order valence-electron chi connectivity index (χ3n) is 4.94. The fourth-order valence-corrected chi connectivity index (χ4v) is 4.20. The maximum atomic E-state index is 13.1. The topological polar surface area (TPSA) is 55.6 Å². The molecule has 0 aliphatic rings. The number of amides is 1. The Morgan fingerprint density at radius 3 is 2.67 bits per heavy atom. The van der Waals surface area contributed by atoms with Crippen LogP contribution in [0.3, 0.4) is 0 Å². The van der Waals surface area contributed by atoms with E-state index in [2.05, 4.69) is 10.3 Å². The number of ether oxygens (including phenoxy) is 1. The molecule has 0 radical (unpaired) electrons. The van der Waals surface area contributed by atoms with Gasteiger partial charge in [-0.2, -0.15) is 0 Å². The number of nitrogens with one attached hydrogen (secondary N) is 1. The van der Waals surface area contributed by atoms with Crippen molar-refractivity contribution in [1.29, 1.82) is 0 Å². The first-order chi connectivity index (χ1) is 14.4. The first-order valence-electron chi connectivity index (χ1n) is 9.61. The van der Waals surface area contributed by atoms with Crippen LogP contribution in [0.25, 0.3) is 16.2 Å². The van der Waals surface area contributed by atoms with Crippen molar-refractivity contribution in [3.63, 3.8) is 0 Å². The van der Waals surface area contributed by atoms with E-state index in [-0.39, 0.29) is 18.3 Å². The predicted molar refractivity (Wildman–Crippen MR) is 116 cm³/mol. The van der Waals surface area contributed by atoms with E-state index < -0.39 is 0 Å². The van der Waals surface area contributed by atoms with Crippen LogP contribution in [0.5, 0.6) is 5.75 Å². The average Bonchev–Trinajstić information content (AvgIpc) is 3.27. The standard InChI is InChI=1S/C23H22FN3O2S/c1-14-4-5-15(2)20(10-14)29-13-22(28)25-11-21-16(3)27-12-19(26-23(27)30-21)17-6-8-18(24)9-7-17/h4-10,12H,11,13H2,1-3H3,(H,25,28). The number of aryl methyl sites for hydroxylation is 3. The zero-order chi connectivity index (χ0) is 21.3. The van der Waals surface area contributed by atoms with E-state index in [1.165, 1.54) is 23.5 Å². The Morgan fingerprint density at radius 1 is 1.17 bits per heavy atom. The molecule has 4 rings (SSSR count). The summed E-state index contributed by atoms with van der Waals surface area (Å²) in [5.41, 5.74) is 4.77. The van der Waals surface area contributed by atoms with E-state index in [0.717, 1.165) is 43.7 Å². The molecule has 1 amide bonds. The maximum absolute atomic E-state index is 13.1. The van der Waals surface area contributed by atoms with Gasteiger partial charge in [0.15, 0.2) is 11.6 Å². The molecule has 0 unspecified atom stereocenters. The van der Waals surface area contributed by atoms with Gasteiger partial charge in [-0.1, -0.05) is 23.5 Å². The van der Waals surface area contributed by atoms with E-state index in [1.807, 2.05) is 49.6 Å². The number of halogens is 1. The van der Waals surface area contributed by atoms with Gasteiger partial charge in [0.05, 0.1) is 12.2 Å². The van der Waals surface area contributed by atoms with Crippen LogP contribution in [0.4, 0.5) is 4.39 Å². The van der Waals surface area contributed by atoms with Crippen molar-refractivity contribution < 1.29 is 13.9 Å². The molecule has 0 atom stereocenters. The van der Waals surface area contributed by atoms with Crippen LogP contribution in [-0.4, -0.2) is 21.9 Å². The third kappa shape index (κ3) is 4.21. The molecular formula is C23H22FN3O2S. The number of rotatable bonds is 6. The summed E-state index contributed by atoms with van der Waals surface area (Å²) < 4.78 is 20.8. The van der Waals surface area contributed by atoms with E-state index >= 15 is 0 Å². The van der Waals surface area contributed by atoms with Gasteiger partial charge < -0.3 is 10.1 Å². The zero-order valence-electron chi connectivity index (χ0n) is 17.0. The normalized spacial score (nSPS) is 11.1. The second-order valence-electron chi connectivity index (χ2n) is 7.23. The number of benzene rings is 2. The minimum absolute atomic E-state index is 0.0272. The Labute approximate surface area is 178 Å². The number of aromatic nitrogens is 2. The van der Waals surface area contributed by atoms with Crippen LogP contribution >= 0.6 is 11.3 Å². The summed E-state index contributed by atoms with van der Waals surface area (Å²) in [5.74, 6) is 0.285. The molecule has 0 saturated carbocycles. The summed E-state index contributed by atoms with van der Waals surface area (Å²) in [6, 6.07) is 12.2. The Kier molecular flexibility index (Phi) is 5.55. The molecule has 7 heteroatoms. The molecule has 0 spiro atoms. The molecule has 4 aromatic rings. The van der Waals surface area contributed by atoms with Crippen LogP contribution in [0.1, 0.15) is 21.7 Å². The predicted octanol–water partition coefficient (Wildman–Crippen LogP) is 4.82. The van der Waals surface area contributed by atoms with Crippen molar-refractivity contribution >= 4 is 22.2 Å². The molecule has 0 aliphatic carbocycles. The Morgan fingerprint density at radius 2 is 1.93 bits per heavy atom. The number of hydrogen-bond donors (Lipinski definition) is 1. The van der Waals surface area contributed by atoms with Crippen molar-refractivity contribution in [2.75, 3.05) is 6.61 Å². The molecule has 0 fully saturated rings. The van der Waals surface area contributed by atoms with Gasteiger partial charge in [0, 0.05) is 22.3 Å². The highest BCUT2D eigenvalue weighted by atomic mass is 32.1. The highest BCUT2D eigenvalue weighted by Crippen LogP contribution is 2.27. The van der Waals surface area contributed by atoms with Crippen molar-refractivity contribution in [1.82, 2.24) is 14.7 Å². The molecule has 154 valence electrons. The number of thiazole rings is 1. The molecule has 2 aromatic carbocycles. The second-order valence-corrected chi connectivity index (χ2v) is 8.29. The lowest BCUT2D eigenvalue weighted by Crippen LogP contribution is -2.28. The maximum Gasteiger partial charge on any atom is 0.258 e. The smallest absolute Gasteiger partial charge is 0.258 e. The highest BCUT2D eigenvalue weighted by Gasteiger charge is 2.14. The fraction of sp³-hybridized carbons (Fsp3) is 0.217. The van der Waals surface area contributed by atoms with Crippen LogP contribution in [0.2, 0.25) is 0 Å². The number of nitrogens with zero attached hydrogens (tertiary/aromatic N) is 2. The van der Waals surface area contributed by atoms with Crippen LogP contribution in [0.15, 0.2) is 48.7 Å². The van der Waals surface area contributed by atoms with Gasteiger partial charge >= 0.3 is 0 Å². The minimum Gasteiger partial charge on any atom is -0.483 e. The number of imidazole rings is 1. The number of hydrogen-bond acceptors (Lipinski definition) is 4. The Balaban J connectivity index is 1.39. The first kappa shape index (κ1) is 20.1. The van der Waals surface area contributed by atoms with E-state index in [9.17, 15) is 9.18 Å². The quantitative estimate of drug-likeness (QED) is 0.484. The summed E-state index contributed by atoms with van der Waals surface area (Å²) >= 11 is 1.53. The first-order valence-corrected chi connectivity index (χ1v) is 10.4. The SMILES string of the molecule is Cc1ccc(C)c(OCC(=O)NCc2sc3nc(-c4ccc(F)cc4)cn3c2C)c1. The largest absolute Gasteiger partial charge is 0.483 e. The van der Waals surface area contributed by atoms with E-state index in [1.54, 1.807) is 12.1 Å². The number of fused-ring (bicyclic) bond motifs is 1. The van der Waals surface area contributed by atoms with Crippen LogP contribution in [0, 0.1) is 26.6 Å². The van der Waals surface area contributed by atoms with Gasteiger partial charge in [0.2, 0.25) is 0 Å². The Bertz CT molecular complexity index is 1210. The van der Waals surface area contributed by atoms with Gasteiger partial charge in [-0.05, 0) is 62.2 Å².